The van der Waals surface area contributed by atoms with E-state index in [0.717, 1.165) is 67.9 Å². The van der Waals surface area contributed by atoms with Gasteiger partial charge >= 0.3 is 0 Å². The quantitative estimate of drug-likeness (QED) is 0.487. The second-order valence-corrected chi connectivity index (χ2v) is 12.4. The molecular formula is C27H35N5O3S. The van der Waals surface area contributed by atoms with Crippen LogP contribution in [0.2, 0.25) is 0 Å². The first-order valence-corrected chi connectivity index (χ1v) is 14.4. The highest BCUT2D eigenvalue weighted by Gasteiger charge is 2.35. The Kier molecular flexibility index (Phi) is 6.44. The van der Waals surface area contributed by atoms with E-state index in [1.54, 1.807) is 24.6 Å². The van der Waals surface area contributed by atoms with Crippen LogP contribution in [0.4, 0.5) is 5.95 Å². The van der Waals surface area contributed by atoms with E-state index in [0.29, 0.717) is 31.1 Å². The zero-order valence-corrected chi connectivity index (χ0v) is 21.8. The molecule has 3 heterocycles. The van der Waals surface area contributed by atoms with Crippen molar-refractivity contribution in [3.8, 4) is 0 Å². The monoisotopic (exact) mass is 509 g/mol. The van der Waals surface area contributed by atoms with Crippen molar-refractivity contribution >= 4 is 34.8 Å². The summed E-state index contributed by atoms with van der Waals surface area (Å²) in [5.41, 5.74) is 2.03. The Labute approximate surface area is 215 Å². The number of carbonyl (C=O) groups is 3. The number of amides is 1. The molecule has 0 radical (unpaired) electrons. The van der Waals surface area contributed by atoms with Crippen molar-refractivity contribution in [1.82, 2.24) is 19.7 Å². The van der Waals surface area contributed by atoms with Crippen LogP contribution >= 0.6 is 11.3 Å². The third kappa shape index (κ3) is 4.99. The normalized spacial score (nSPS) is 23.5. The van der Waals surface area contributed by atoms with Crippen LogP contribution in [-0.4, -0.2) is 56.3 Å². The van der Waals surface area contributed by atoms with Gasteiger partial charge in [-0.2, -0.15) is 0 Å². The van der Waals surface area contributed by atoms with E-state index < -0.39 is 0 Å². The molecule has 2 aromatic rings. The third-order valence-electron chi connectivity index (χ3n) is 8.36. The summed E-state index contributed by atoms with van der Waals surface area (Å²) in [6.45, 7) is 3.05. The summed E-state index contributed by atoms with van der Waals surface area (Å²) in [6, 6.07) is 0.327. The molecule has 192 valence electrons. The van der Waals surface area contributed by atoms with Gasteiger partial charge in [-0.05, 0) is 56.4 Å². The zero-order valence-electron chi connectivity index (χ0n) is 21.0. The van der Waals surface area contributed by atoms with Gasteiger partial charge in [-0.15, -0.1) is 21.5 Å². The minimum absolute atomic E-state index is 0.105. The van der Waals surface area contributed by atoms with Gasteiger partial charge in [0.1, 0.15) is 12.1 Å². The minimum Gasteiger partial charge on any atom is -0.350 e. The number of Topliss-reactive ketones (excluding diaryl/α,β-unsaturated/α-hetero) is 2. The molecule has 0 bridgehead atoms. The number of aryl methyl sites for hydroxylation is 1. The van der Waals surface area contributed by atoms with Crippen LogP contribution in [0.5, 0.6) is 0 Å². The molecule has 0 unspecified atom stereocenters. The number of ketones is 2. The van der Waals surface area contributed by atoms with Crippen LogP contribution < -0.4 is 5.32 Å². The maximum absolute atomic E-state index is 13.5. The van der Waals surface area contributed by atoms with Gasteiger partial charge in [0.05, 0.1) is 0 Å². The number of rotatable bonds is 10. The SMILES string of the molecule is CC(=O)N1CC[C@H](Nc2nncn2[C@H]2CCc3sc(CC(=O)C4CC4)c(C(=O)CCC4CC4)c3C2)C1. The van der Waals surface area contributed by atoms with E-state index in [1.165, 1.54) is 23.3 Å². The molecule has 6 rings (SSSR count). The predicted octanol–water partition coefficient (Wildman–Crippen LogP) is 4.00. The van der Waals surface area contributed by atoms with Crippen molar-refractivity contribution in [3.63, 3.8) is 0 Å². The summed E-state index contributed by atoms with van der Waals surface area (Å²) in [4.78, 5) is 42.1. The lowest BCUT2D eigenvalue weighted by Crippen LogP contribution is -2.30. The van der Waals surface area contributed by atoms with Crippen molar-refractivity contribution in [2.75, 3.05) is 18.4 Å². The number of thiophene rings is 1. The summed E-state index contributed by atoms with van der Waals surface area (Å²) in [5.74, 6) is 2.31. The van der Waals surface area contributed by atoms with E-state index in [1.807, 2.05) is 4.90 Å². The number of nitrogens with one attached hydrogen (secondary N) is 1. The molecule has 2 aromatic heterocycles. The predicted molar refractivity (Wildman–Crippen MR) is 137 cm³/mol. The van der Waals surface area contributed by atoms with Crippen molar-refractivity contribution in [1.29, 1.82) is 0 Å². The van der Waals surface area contributed by atoms with Crippen molar-refractivity contribution in [2.24, 2.45) is 11.8 Å². The van der Waals surface area contributed by atoms with Gasteiger partial charge in [0.15, 0.2) is 5.78 Å². The fourth-order valence-corrected chi connectivity index (χ4v) is 7.22. The van der Waals surface area contributed by atoms with Crippen LogP contribution in [0.15, 0.2) is 6.33 Å². The number of nitrogens with zero attached hydrogens (tertiary/aromatic N) is 4. The van der Waals surface area contributed by atoms with Crippen molar-refractivity contribution < 1.29 is 14.4 Å². The highest BCUT2D eigenvalue weighted by atomic mass is 32.1. The van der Waals surface area contributed by atoms with Crippen molar-refractivity contribution in [3.05, 3.63) is 27.2 Å². The van der Waals surface area contributed by atoms with Gasteiger partial charge in [-0.1, -0.05) is 12.8 Å². The Morgan fingerprint density at radius 3 is 2.69 bits per heavy atom. The number of fused-ring (bicyclic) bond motifs is 1. The van der Waals surface area contributed by atoms with Crippen molar-refractivity contribution in [2.45, 2.75) is 89.6 Å². The number of hydrogen-bond donors (Lipinski definition) is 1. The molecule has 1 N–H and O–H groups in total. The first-order valence-electron chi connectivity index (χ1n) is 13.6. The second kappa shape index (κ2) is 9.72. The van der Waals surface area contributed by atoms with Crippen LogP contribution in [0.1, 0.15) is 90.0 Å². The first-order chi connectivity index (χ1) is 17.5. The lowest BCUT2D eigenvalue weighted by molar-refractivity contribution is -0.127. The zero-order chi connectivity index (χ0) is 24.8. The average Bonchev–Trinajstić information content (AvgIpc) is 3.76. The van der Waals surface area contributed by atoms with Crippen LogP contribution in [0.25, 0.3) is 0 Å². The Morgan fingerprint density at radius 1 is 1.14 bits per heavy atom. The molecule has 1 amide bonds. The van der Waals surface area contributed by atoms with E-state index in [-0.39, 0.29) is 29.7 Å². The molecule has 2 atom stereocenters. The molecule has 36 heavy (non-hydrogen) atoms. The Morgan fingerprint density at radius 2 is 1.97 bits per heavy atom. The van der Waals surface area contributed by atoms with E-state index >= 15 is 0 Å². The number of likely N-dealkylation sites (tertiary alicyclic amines) is 1. The molecule has 3 aliphatic carbocycles. The van der Waals surface area contributed by atoms with Crippen LogP contribution in [-0.2, 0) is 28.9 Å². The van der Waals surface area contributed by atoms with E-state index in [9.17, 15) is 14.4 Å². The van der Waals surface area contributed by atoms with Gasteiger partial charge < -0.3 is 10.2 Å². The summed E-state index contributed by atoms with van der Waals surface area (Å²) in [6.07, 6.45) is 11.8. The summed E-state index contributed by atoms with van der Waals surface area (Å²) in [5, 5.41) is 12.1. The summed E-state index contributed by atoms with van der Waals surface area (Å²) >= 11 is 1.71. The number of anilines is 1. The molecule has 3 fully saturated rings. The highest BCUT2D eigenvalue weighted by Crippen LogP contribution is 2.42. The molecule has 8 nitrogen and oxygen atoms in total. The van der Waals surface area contributed by atoms with E-state index in [4.69, 9.17) is 0 Å². The lowest BCUT2D eigenvalue weighted by atomic mass is 9.88. The van der Waals surface area contributed by atoms with Gasteiger partial charge in [-0.3, -0.25) is 19.0 Å². The summed E-state index contributed by atoms with van der Waals surface area (Å²) < 4.78 is 2.12. The molecule has 4 aliphatic rings. The average molecular weight is 510 g/mol. The third-order valence-corrected chi connectivity index (χ3v) is 9.66. The largest absolute Gasteiger partial charge is 0.350 e. The fourth-order valence-electron chi connectivity index (χ4n) is 5.84. The maximum Gasteiger partial charge on any atom is 0.224 e. The van der Waals surface area contributed by atoms with Gasteiger partial charge in [0.2, 0.25) is 11.9 Å². The van der Waals surface area contributed by atoms with E-state index in [2.05, 4.69) is 20.1 Å². The molecule has 1 saturated heterocycles. The highest BCUT2D eigenvalue weighted by molar-refractivity contribution is 7.12. The number of aromatic nitrogens is 3. The standard InChI is InChI=1S/C27H35N5O3S/c1-16(33)31-11-10-19(14-31)29-27-30-28-15-32(27)20-7-9-24-21(12-20)26(22(34)8-4-17-2-3-17)25(36-24)13-23(35)18-5-6-18/h15,17-20H,2-14H2,1H3,(H,29,30)/t19-,20-/m0/s1. The van der Waals surface area contributed by atoms with Gasteiger partial charge in [-0.25, -0.2) is 0 Å². The number of carbonyl (C=O) groups excluding carboxylic acids is 3. The van der Waals surface area contributed by atoms with Gasteiger partial charge in [0, 0.05) is 66.2 Å². The topological polar surface area (TPSA) is 97.2 Å². The fraction of sp³-hybridized carbons (Fsp3) is 0.667. The number of hydrogen-bond acceptors (Lipinski definition) is 7. The molecule has 2 saturated carbocycles. The summed E-state index contributed by atoms with van der Waals surface area (Å²) in [7, 11) is 0. The van der Waals surface area contributed by atoms with Gasteiger partial charge in [0.25, 0.3) is 0 Å². The maximum atomic E-state index is 13.5. The smallest absolute Gasteiger partial charge is 0.224 e. The lowest BCUT2D eigenvalue weighted by Gasteiger charge is -2.26. The first kappa shape index (κ1) is 23.8. The molecule has 9 heteroatoms. The molecule has 0 aromatic carbocycles. The van der Waals surface area contributed by atoms with Crippen LogP contribution in [0.3, 0.4) is 0 Å². The Bertz CT molecular complexity index is 1180. The van der Waals surface area contributed by atoms with Crippen LogP contribution in [0, 0.1) is 11.8 Å². The second-order valence-electron chi connectivity index (χ2n) is 11.2. The minimum atomic E-state index is 0.105. The molecule has 1 aliphatic heterocycles. The molecule has 0 spiro atoms. The molecular weight excluding hydrogens is 474 g/mol. The Hall–Kier alpha value is -2.55. The Balaban J connectivity index is 1.22.